The van der Waals surface area contributed by atoms with Gasteiger partial charge in [0.2, 0.25) is 11.8 Å². The number of carboxylic acid groups (broad SMARTS) is 1. The highest BCUT2D eigenvalue weighted by Crippen LogP contribution is 2.41. The van der Waals surface area contributed by atoms with Crippen molar-refractivity contribution in [3.8, 4) is 16.9 Å². The fourth-order valence-corrected chi connectivity index (χ4v) is 4.41. The van der Waals surface area contributed by atoms with Gasteiger partial charge in [-0.05, 0) is 74.9 Å². The number of hydrogen-bond acceptors (Lipinski definition) is 6. The normalized spacial score (nSPS) is 13.6. The van der Waals surface area contributed by atoms with Crippen LogP contribution in [0.15, 0.2) is 10.5 Å². The van der Waals surface area contributed by atoms with E-state index in [1.165, 1.54) is 6.07 Å². The molecule has 0 unspecified atom stereocenters. The molecule has 2 aromatic heterocycles. The van der Waals surface area contributed by atoms with Crippen molar-refractivity contribution in [3.63, 3.8) is 0 Å². The summed E-state index contributed by atoms with van der Waals surface area (Å²) in [4.78, 5) is 16.4. The molecule has 172 valence electrons. The molecule has 8 heteroatoms. The Morgan fingerprint density at radius 1 is 1.21 bits per heavy atom. The Balaban J connectivity index is 2.04. The van der Waals surface area contributed by atoms with Crippen LogP contribution in [0.1, 0.15) is 58.8 Å². The second kappa shape index (κ2) is 8.77. The lowest BCUT2D eigenvalue weighted by molar-refractivity contribution is -0.136. The van der Waals surface area contributed by atoms with Crippen LogP contribution in [0.4, 0.5) is 4.39 Å². The molecule has 4 rings (SSSR count). The lowest BCUT2D eigenvalue weighted by atomic mass is 9.85. The Kier molecular flexibility index (Phi) is 6.01. The van der Waals surface area contributed by atoms with Crippen molar-refractivity contribution >= 4 is 17.6 Å². The number of hydrogen-bond donors (Lipinski definition) is 1. The molecule has 0 saturated carbocycles. The van der Waals surface area contributed by atoms with Crippen molar-refractivity contribution in [2.45, 2.75) is 53.9 Å². The third-order valence-electron chi connectivity index (χ3n) is 5.99. The zero-order chi connectivity index (χ0) is 23.9. The number of aromatic nitrogens is 3. The predicted molar refractivity (Wildman–Crippen MR) is 122 cm³/mol. The van der Waals surface area contributed by atoms with E-state index in [4.69, 9.17) is 9.15 Å². The van der Waals surface area contributed by atoms with Gasteiger partial charge in [0, 0.05) is 35.0 Å². The number of fused-ring (bicyclic) bond motifs is 1. The summed E-state index contributed by atoms with van der Waals surface area (Å²) in [5.74, 6) is -0.336. The SMILES string of the molecule is C/C(=C\c1c(C)nc(C)c(CC(=O)O)c1-c1cc(F)c2c(c1C)CCCO2)c1nnc(C)o1. The Bertz CT molecular complexity index is 1290. The number of halogens is 1. The molecule has 0 bridgehead atoms. The van der Waals surface area contributed by atoms with E-state index in [1.54, 1.807) is 13.8 Å². The minimum atomic E-state index is -0.983. The van der Waals surface area contributed by atoms with Gasteiger partial charge in [-0.3, -0.25) is 9.78 Å². The highest BCUT2D eigenvalue weighted by atomic mass is 19.1. The number of allylic oxidation sites excluding steroid dienone is 1. The second-order valence-corrected chi connectivity index (χ2v) is 8.36. The molecule has 1 aromatic carbocycles. The monoisotopic (exact) mass is 451 g/mol. The summed E-state index contributed by atoms with van der Waals surface area (Å²) in [6.45, 7) is 9.59. The van der Waals surface area contributed by atoms with E-state index in [9.17, 15) is 9.90 Å². The van der Waals surface area contributed by atoms with Gasteiger partial charge in [-0.2, -0.15) is 0 Å². The number of pyridine rings is 1. The first-order chi connectivity index (χ1) is 15.7. The number of nitrogens with zero attached hydrogens (tertiary/aromatic N) is 3. The molecular weight excluding hydrogens is 425 g/mol. The average Bonchev–Trinajstić information content (AvgIpc) is 3.20. The molecule has 0 atom stereocenters. The van der Waals surface area contributed by atoms with E-state index < -0.39 is 11.8 Å². The Labute approximate surface area is 191 Å². The number of carboxylic acids is 1. The highest BCUT2D eigenvalue weighted by molar-refractivity contribution is 5.90. The minimum absolute atomic E-state index is 0.233. The van der Waals surface area contributed by atoms with Crippen LogP contribution in [-0.2, 0) is 17.6 Å². The first kappa shape index (κ1) is 22.6. The fourth-order valence-electron chi connectivity index (χ4n) is 4.41. The zero-order valence-electron chi connectivity index (χ0n) is 19.4. The quantitative estimate of drug-likeness (QED) is 0.582. The third-order valence-corrected chi connectivity index (χ3v) is 5.99. The molecule has 0 radical (unpaired) electrons. The van der Waals surface area contributed by atoms with Gasteiger partial charge in [0.05, 0.1) is 13.0 Å². The van der Waals surface area contributed by atoms with Gasteiger partial charge < -0.3 is 14.3 Å². The molecule has 7 nitrogen and oxygen atoms in total. The van der Waals surface area contributed by atoms with Gasteiger partial charge in [0.25, 0.3) is 0 Å². The van der Waals surface area contributed by atoms with Crippen LogP contribution < -0.4 is 4.74 Å². The molecule has 1 aliphatic heterocycles. The summed E-state index contributed by atoms with van der Waals surface area (Å²) in [5.41, 5.74) is 6.24. The molecule has 0 saturated heterocycles. The Hall–Kier alpha value is -3.55. The molecule has 0 aliphatic carbocycles. The maximum atomic E-state index is 15.1. The maximum Gasteiger partial charge on any atom is 0.307 e. The van der Waals surface area contributed by atoms with Crippen molar-refractivity contribution in [3.05, 3.63) is 57.3 Å². The largest absolute Gasteiger partial charge is 0.490 e. The lowest BCUT2D eigenvalue weighted by Crippen LogP contribution is -2.14. The Morgan fingerprint density at radius 2 is 1.97 bits per heavy atom. The molecule has 3 heterocycles. The zero-order valence-corrected chi connectivity index (χ0v) is 19.4. The van der Waals surface area contributed by atoms with Crippen LogP contribution in [0.25, 0.3) is 22.8 Å². The van der Waals surface area contributed by atoms with E-state index in [2.05, 4.69) is 15.2 Å². The molecule has 3 aromatic rings. The van der Waals surface area contributed by atoms with E-state index in [-0.39, 0.29) is 6.42 Å². The van der Waals surface area contributed by atoms with Gasteiger partial charge in [-0.15, -0.1) is 10.2 Å². The van der Waals surface area contributed by atoms with E-state index in [1.807, 2.05) is 26.8 Å². The molecule has 33 heavy (non-hydrogen) atoms. The molecule has 0 spiro atoms. The topological polar surface area (TPSA) is 98.3 Å². The lowest BCUT2D eigenvalue weighted by Gasteiger charge is -2.24. The molecular formula is C25H26FN3O4. The first-order valence-corrected chi connectivity index (χ1v) is 10.8. The van der Waals surface area contributed by atoms with Crippen LogP contribution in [0, 0.1) is 33.5 Å². The van der Waals surface area contributed by atoms with Crippen molar-refractivity contribution in [1.29, 1.82) is 0 Å². The third kappa shape index (κ3) is 4.25. The summed E-state index contributed by atoms with van der Waals surface area (Å²) in [5, 5.41) is 17.6. The highest BCUT2D eigenvalue weighted by Gasteiger charge is 2.26. The average molecular weight is 451 g/mol. The number of carbonyl (C=O) groups is 1. The Morgan fingerprint density at radius 3 is 2.64 bits per heavy atom. The molecule has 0 fully saturated rings. The van der Waals surface area contributed by atoms with Gasteiger partial charge in [0.15, 0.2) is 11.6 Å². The number of rotatable bonds is 5. The fraction of sp³-hybridized carbons (Fsp3) is 0.360. The van der Waals surface area contributed by atoms with Crippen LogP contribution in [-0.4, -0.2) is 32.9 Å². The van der Waals surface area contributed by atoms with Gasteiger partial charge >= 0.3 is 5.97 Å². The van der Waals surface area contributed by atoms with Crippen molar-refractivity contribution in [2.75, 3.05) is 6.61 Å². The molecule has 1 aliphatic rings. The summed E-state index contributed by atoms with van der Waals surface area (Å²) < 4.78 is 26.3. The molecule has 0 amide bonds. The van der Waals surface area contributed by atoms with Crippen LogP contribution >= 0.6 is 0 Å². The first-order valence-electron chi connectivity index (χ1n) is 10.8. The smallest absolute Gasteiger partial charge is 0.307 e. The standard InChI is InChI=1S/C25H26FN3O4/c1-12(25-29-28-16(5)33-25)9-19-14(3)27-15(4)20(11-22(30)31)23(19)18-10-21(26)24-17(13(18)2)7-6-8-32-24/h9-10H,6-8,11H2,1-5H3,(H,30,31)/b12-9+. The molecule has 1 N–H and O–H groups in total. The summed E-state index contributed by atoms with van der Waals surface area (Å²) in [6, 6.07) is 1.45. The number of benzene rings is 1. The van der Waals surface area contributed by atoms with Crippen LogP contribution in [0.2, 0.25) is 0 Å². The summed E-state index contributed by atoms with van der Waals surface area (Å²) >= 11 is 0. The van der Waals surface area contributed by atoms with Crippen LogP contribution in [0.5, 0.6) is 5.75 Å². The summed E-state index contributed by atoms with van der Waals surface area (Å²) in [7, 11) is 0. The van der Waals surface area contributed by atoms with Crippen LogP contribution in [0.3, 0.4) is 0 Å². The predicted octanol–water partition coefficient (Wildman–Crippen LogP) is 5.02. The van der Waals surface area contributed by atoms with Crippen molar-refractivity contribution < 1.29 is 23.4 Å². The summed E-state index contributed by atoms with van der Waals surface area (Å²) in [6.07, 6.45) is 3.12. The van der Waals surface area contributed by atoms with Gasteiger partial charge in [-0.25, -0.2) is 4.39 Å². The van der Waals surface area contributed by atoms with Crippen molar-refractivity contribution in [2.24, 2.45) is 0 Å². The van der Waals surface area contributed by atoms with Crippen molar-refractivity contribution in [1.82, 2.24) is 15.2 Å². The maximum absolute atomic E-state index is 15.1. The van der Waals surface area contributed by atoms with Gasteiger partial charge in [0.1, 0.15) is 0 Å². The number of aryl methyl sites for hydroxylation is 3. The second-order valence-electron chi connectivity index (χ2n) is 8.36. The van der Waals surface area contributed by atoms with E-state index in [0.717, 1.165) is 17.5 Å². The van der Waals surface area contributed by atoms with E-state index in [0.29, 0.717) is 69.8 Å². The number of aliphatic carboxylic acids is 1. The number of ether oxygens (including phenoxy) is 1. The van der Waals surface area contributed by atoms with E-state index >= 15 is 4.39 Å². The minimum Gasteiger partial charge on any atom is -0.490 e. The van der Waals surface area contributed by atoms with Gasteiger partial charge in [-0.1, -0.05) is 0 Å².